The molecule has 0 amide bonds. The van der Waals surface area contributed by atoms with Crippen LogP contribution in [-0.2, 0) is 42.7 Å². The van der Waals surface area contributed by atoms with Crippen molar-refractivity contribution in [2.45, 2.75) is 134 Å². The van der Waals surface area contributed by atoms with Crippen LogP contribution < -0.4 is 0 Å². The average molecular weight is 690 g/mol. The molecule has 0 N–H and O–H groups in total. The van der Waals surface area contributed by atoms with Gasteiger partial charge in [0, 0.05) is 39.2 Å². The Balaban J connectivity index is 1.23. The van der Waals surface area contributed by atoms with Gasteiger partial charge in [-0.25, -0.2) is 0 Å². The summed E-state index contributed by atoms with van der Waals surface area (Å²) in [5, 5.41) is 0. The SMILES string of the molecule is CC[C@H]1CCC[C@H](O[C@H]2CC[C@H](N(C)C)C(C)O2)[C@@H](C)C(=O)C2=C[C@H]3[C@@H]4C[C@H](OC(OC)[C@H](COC)OC)C[C@H]4[C@@H]4C[C@@H]4[C@H]3[C@@H]2CC(=O)O1. The maximum Gasteiger partial charge on any atom is 0.306 e. The number of likely N-dealkylation sites (N-methyl/N-ethyl adjacent to an activating group) is 1. The molecular formula is C39H63NO9. The van der Waals surface area contributed by atoms with Gasteiger partial charge in [0.25, 0.3) is 0 Å². The van der Waals surface area contributed by atoms with E-state index in [4.69, 9.17) is 33.2 Å². The lowest BCUT2D eigenvalue weighted by molar-refractivity contribution is -0.231. The van der Waals surface area contributed by atoms with Gasteiger partial charge in [-0.3, -0.25) is 9.59 Å². The van der Waals surface area contributed by atoms with E-state index in [2.05, 4.69) is 38.9 Å². The summed E-state index contributed by atoms with van der Waals surface area (Å²) in [6, 6.07) is 0.353. The fourth-order valence-corrected chi connectivity index (χ4v) is 10.7. The first-order valence-electron chi connectivity index (χ1n) is 19.2. The number of nitrogens with zero attached hydrogens (tertiary/aromatic N) is 1. The lowest BCUT2D eigenvalue weighted by atomic mass is 9.66. The monoisotopic (exact) mass is 689 g/mol. The molecule has 3 saturated carbocycles. The van der Waals surface area contributed by atoms with Gasteiger partial charge in [0.2, 0.25) is 0 Å². The van der Waals surface area contributed by atoms with Gasteiger partial charge in [0.15, 0.2) is 18.4 Å². The van der Waals surface area contributed by atoms with Crippen molar-refractivity contribution in [1.82, 2.24) is 4.90 Å². The molecule has 0 radical (unpaired) electrons. The smallest absolute Gasteiger partial charge is 0.306 e. The molecule has 2 unspecified atom stereocenters. The van der Waals surface area contributed by atoms with Crippen LogP contribution in [0.15, 0.2) is 11.6 Å². The summed E-state index contributed by atoms with van der Waals surface area (Å²) in [7, 11) is 9.16. The Kier molecular flexibility index (Phi) is 12.3. The lowest BCUT2D eigenvalue weighted by Crippen LogP contribution is -2.47. The Morgan fingerprint density at radius 3 is 2.37 bits per heavy atom. The van der Waals surface area contributed by atoms with Gasteiger partial charge < -0.3 is 38.1 Å². The fraction of sp³-hybridized carbons (Fsp3) is 0.897. The van der Waals surface area contributed by atoms with Crippen LogP contribution >= 0.6 is 0 Å². The molecule has 278 valence electrons. The number of ether oxygens (including phenoxy) is 7. The predicted molar refractivity (Wildman–Crippen MR) is 183 cm³/mol. The summed E-state index contributed by atoms with van der Waals surface area (Å²) in [6.07, 6.45) is 9.16. The number of esters is 1. The number of carbonyl (C=O) groups excluding carboxylic acids is 2. The molecule has 2 heterocycles. The van der Waals surface area contributed by atoms with Gasteiger partial charge in [-0.1, -0.05) is 19.9 Å². The fourth-order valence-electron chi connectivity index (χ4n) is 10.7. The van der Waals surface area contributed by atoms with Gasteiger partial charge >= 0.3 is 5.97 Å². The number of methoxy groups -OCH3 is 3. The second-order valence-corrected chi connectivity index (χ2v) is 16.2. The second kappa shape index (κ2) is 16.1. The van der Waals surface area contributed by atoms with Crippen LogP contribution in [-0.4, -0.2) is 108 Å². The minimum absolute atomic E-state index is 0.0483. The summed E-state index contributed by atoms with van der Waals surface area (Å²) < 4.78 is 42.5. The normalized spacial score (nSPS) is 43.7. The number of fused-ring (bicyclic) bond motifs is 8. The van der Waals surface area contributed by atoms with Crippen molar-refractivity contribution < 1.29 is 42.7 Å². The molecule has 16 atom stereocenters. The summed E-state index contributed by atoms with van der Waals surface area (Å²) in [6.45, 7) is 6.64. The number of hydrogen-bond acceptors (Lipinski definition) is 10. The third-order valence-electron chi connectivity index (χ3n) is 13.2. The zero-order chi connectivity index (χ0) is 35.0. The van der Waals surface area contributed by atoms with Crippen LogP contribution in [0.3, 0.4) is 0 Å². The first kappa shape index (κ1) is 37.4. The highest BCUT2D eigenvalue weighted by atomic mass is 16.7. The maximum atomic E-state index is 14.7. The number of allylic oxidation sites excluding steroid dienone is 2. The summed E-state index contributed by atoms with van der Waals surface area (Å²) in [5.74, 6) is 2.19. The Morgan fingerprint density at radius 2 is 1.69 bits per heavy atom. The Labute approximate surface area is 294 Å². The zero-order valence-corrected chi connectivity index (χ0v) is 31.2. The van der Waals surface area contributed by atoms with Crippen LogP contribution in [0.25, 0.3) is 0 Å². The first-order valence-corrected chi connectivity index (χ1v) is 19.2. The molecule has 5 fully saturated rings. The van der Waals surface area contributed by atoms with Gasteiger partial charge in [-0.2, -0.15) is 0 Å². The molecule has 0 spiro atoms. The number of Topliss-reactive ketones (excluding diaryl/α,β-unsaturated/α-hetero) is 1. The Bertz CT molecular complexity index is 1180. The second-order valence-electron chi connectivity index (χ2n) is 16.2. The number of cyclic esters (lactones) is 1. The van der Waals surface area contributed by atoms with E-state index in [1.807, 2.05) is 6.92 Å². The van der Waals surface area contributed by atoms with Gasteiger partial charge in [-0.05, 0) is 120 Å². The number of carbonyl (C=O) groups is 2. The number of rotatable bonds is 11. The van der Waals surface area contributed by atoms with Crippen molar-refractivity contribution >= 4 is 11.8 Å². The van der Waals surface area contributed by atoms with E-state index in [1.165, 1.54) is 0 Å². The lowest BCUT2D eigenvalue weighted by Gasteiger charge is -2.40. The molecule has 4 aliphatic carbocycles. The quantitative estimate of drug-likeness (QED) is 0.207. The molecule has 6 rings (SSSR count). The van der Waals surface area contributed by atoms with E-state index in [9.17, 15) is 9.59 Å². The van der Waals surface area contributed by atoms with E-state index >= 15 is 0 Å². The van der Waals surface area contributed by atoms with Crippen molar-refractivity contribution in [1.29, 1.82) is 0 Å². The van der Waals surface area contributed by atoms with E-state index < -0.39 is 6.29 Å². The van der Waals surface area contributed by atoms with Crippen LogP contribution in [0.4, 0.5) is 0 Å². The number of ketones is 1. The Hall–Kier alpha value is -1.40. The highest BCUT2D eigenvalue weighted by Crippen LogP contribution is 2.69. The molecule has 0 aromatic carbocycles. The topological polar surface area (TPSA) is 102 Å². The molecule has 0 aromatic rings. The third-order valence-corrected chi connectivity index (χ3v) is 13.2. The molecular weight excluding hydrogens is 626 g/mol. The standard InChI is InChI=1S/C39H63NO9/c1-9-23-11-10-12-33(49-36-14-13-32(40(4)5)22(3)46-36)21(2)38(42)31-18-29-26-16-24(48-39(45-8)34(44-7)20-43-6)15-25(26)27-17-28(27)37(29)30(31)19-35(41)47-23/h18,21-30,32-34,36-37,39H,9-17,19-20H2,1-8H3/t21-,22?,23+,24-,25-,26-,27+,28+,29+,30-,32+,33+,34+,36+,37-,39?/m1/s1. The van der Waals surface area contributed by atoms with Gasteiger partial charge in [0.1, 0.15) is 12.2 Å². The minimum atomic E-state index is -0.511. The van der Waals surface area contributed by atoms with Crippen molar-refractivity contribution in [3.8, 4) is 0 Å². The van der Waals surface area contributed by atoms with Crippen LogP contribution in [0.1, 0.15) is 85.0 Å². The summed E-state index contributed by atoms with van der Waals surface area (Å²) in [4.78, 5) is 30.5. The van der Waals surface area contributed by atoms with Crippen molar-refractivity contribution in [2.24, 2.45) is 47.3 Å². The van der Waals surface area contributed by atoms with Crippen molar-refractivity contribution in [2.75, 3.05) is 42.0 Å². The zero-order valence-electron chi connectivity index (χ0n) is 31.2. The predicted octanol–water partition coefficient (Wildman–Crippen LogP) is 5.41. The van der Waals surface area contributed by atoms with Crippen LogP contribution in [0.2, 0.25) is 0 Å². The third kappa shape index (κ3) is 7.86. The van der Waals surface area contributed by atoms with E-state index in [0.29, 0.717) is 36.3 Å². The molecule has 10 nitrogen and oxygen atoms in total. The van der Waals surface area contributed by atoms with Crippen LogP contribution in [0.5, 0.6) is 0 Å². The number of hydrogen-bond donors (Lipinski definition) is 0. The molecule has 49 heavy (non-hydrogen) atoms. The highest BCUT2D eigenvalue weighted by molar-refractivity contribution is 5.99. The molecule has 0 aromatic heterocycles. The molecule has 2 saturated heterocycles. The summed E-state index contributed by atoms with van der Waals surface area (Å²) in [5.41, 5.74) is 0.845. The largest absolute Gasteiger partial charge is 0.462 e. The molecule has 2 aliphatic heterocycles. The molecule has 6 aliphatic rings. The van der Waals surface area contributed by atoms with Crippen molar-refractivity contribution in [3.05, 3.63) is 11.6 Å². The van der Waals surface area contributed by atoms with Crippen molar-refractivity contribution in [3.63, 3.8) is 0 Å². The maximum absolute atomic E-state index is 14.7. The highest BCUT2D eigenvalue weighted by Gasteiger charge is 2.64. The minimum Gasteiger partial charge on any atom is -0.462 e. The van der Waals surface area contributed by atoms with E-state index in [0.717, 1.165) is 63.4 Å². The van der Waals surface area contributed by atoms with E-state index in [1.54, 1.807) is 21.3 Å². The van der Waals surface area contributed by atoms with E-state index in [-0.39, 0.29) is 78.7 Å². The molecule has 0 bridgehead atoms. The Morgan fingerprint density at radius 1 is 0.939 bits per heavy atom. The van der Waals surface area contributed by atoms with Gasteiger partial charge in [0.05, 0.1) is 31.3 Å². The van der Waals surface area contributed by atoms with Gasteiger partial charge in [-0.15, -0.1) is 0 Å². The first-order chi connectivity index (χ1) is 23.6. The average Bonchev–Trinajstić information content (AvgIpc) is 3.61. The molecule has 10 heteroatoms. The van der Waals surface area contributed by atoms with Crippen LogP contribution in [0, 0.1) is 47.3 Å². The summed E-state index contributed by atoms with van der Waals surface area (Å²) >= 11 is 0.